The average Bonchev–Trinajstić information content (AvgIpc) is 3.05. The van der Waals surface area contributed by atoms with E-state index in [9.17, 15) is 9.59 Å². The molecule has 10 heteroatoms. The summed E-state index contributed by atoms with van der Waals surface area (Å²) < 4.78 is 15.1. The number of likely N-dealkylation sites (tertiary alicyclic amines) is 1. The third-order valence-corrected chi connectivity index (χ3v) is 9.41. The number of carbonyl (C=O) groups is 2. The van der Waals surface area contributed by atoms with Crippen LogP contribution in [0.1, 0.15) is 64.0 Å². The maximum Gasteiger partial charge on any atom is 0.410 e. The first kappa shape index (κ1) is 27.0. The van der Waals surface area contributed by atoms with Gasteiger partial charge in [-0.3, -0.25) is 0 Å². The van der Waals surface area contributed by atoms with E-state index in [4.69, 9.17) is 49.0 Å². The molecule has 5 unspecified atom stereocenters. The van der Waals surface area contributed by atoms with Crippen LogP contribution >= 0.6 is 34.8 Å². The Kier molecular flexibility index (Phi) is 6.77. The number of methoxy groups -OCH3 is 1. The SMILES string of the molecule is COc1ccc2c(c1)C13CCN(C(=O)OC(C)(C)C)C(C2)C12CCC(NC(=O)OCC(Cl)(Cl)Cl)C3CC2. The molecule has 7 nitrogen and oxygen atoms in total. The zero-order valence-corrected chi connectivity index (χ0v) is 24.0. The maximum atomic E-state index is 13.4. The van der Waals surface area contributed by atoms with Crippen LogP contribution in [0.3, 0.4) is 0 Å². The van der Waals surface area contributed by atoms with E-state index in [1.165, 1.54) is 11.1 Å². The fraction of sp³-hybridized carbons (Fsp3) is 0.704. The molecule has 204 valence electrons. The molecule has 3 aliphatic carbocycles. The lowest BCUT2D eigenvalue weighted by Crippen LogP contribution is -2.71. The highest BCUT2D eigenvalue weighted by molar-refractivity contribution is 6.67. The average molecular weight is 574 g/mol. The number of nitrogens with one attached hydrogen (secondary N) is 1. The molecule has 1 saturated heterocycles. The fourth-order valence-electron chi connectivity index (χ4n) is 8.02. The number of ether oxygens (including phenoxy) is 3. The number of alkyl carbamates (subject to hydrolysis) is 1. The van der Waals surface area contributed by atoms with Crippen molar-refractivity contribution < 1.29 is 23.8 Å². The van der Waals surface area contributed by atoms with E-state index in [1.807, 2.05) is 31.7 Å². The molecule has 5 rings (SSSR count). The lowest BCUT2D eigenvalue weighted by Gasteiger charge is -2.66. The Morgan fingerprint density at radius 2 is 1.86 bits per heavy atom. The molecule has 0 spiro atoms. The van der Waals surface area contributed by atoms with E-state index in [2.05, 4.69) is 17.4 Å². The summed E-state index contributed by atoms with van der Waals surface area (Å²) in [6.45, 7) is 6.01. The molecule has 37 heavy (non-hydrogen) atoms. The van der Waals surface area contributed by atoms with Crippen LogP contribution in [0, 0.1) is 11.3 Å². The van der Waals surface area contributed by atoms with Gasteiger partial charge < -0.3 is 24.4 Å². The van der Waals surface area contributed by atoms with Gasteiger partial charge >= 0.3 is 12.2 Å². The van der Waals surface area contributed by atoms with Gasteiger partial charge in [0.05, 0.1) is 7.11 Å². The molecule has 0 radical (unpaired) electrons. The van der Waals surface area contributed by atoms with Gasteiger partial charge in [-0.2, -0.15) is 0 Å². The summed E-state index contributed by atoms with van der Waals surface area (Å²) in [5.74, 6) is 1.02. The molecular formula is C27H35Cl3N2O5. The molecule has 1 aromatic carbocycles. The number of alkyl halides is 3. The highest BCUT2D eigenvalue weighted by atomic mass is 35.6. The smallest absolute Gasteiger partial charge is 0.410 e. The van der Waals surface area contributed by atoms with E-state index in [0.29, 0.717) is 6.54 Å². The van der Waals surface area contributed by atoms with Crippen molar-refractivity contribution in [2.45, 2.75) is 86.2 Å². The van der Waals surface area contributed by atoms with Gasteiger partial charge in [-0.25, -0.2) is 9.59 Å². The summed E-state index contributed by atoms with van der Waals surface area (Å²) in [6.07, 6.45) is 4.40. The van der Waals surface area contributed by atoms with Gasteiger partial charge in [0.1, 0.15) is 18.0 Å². The minimum Gasteiger partial charge on any atom is -0.497 e. The Morgan fingerprint density at radius 1 is 1.14 bits per heavy atom. The molecule has 2 amide bonds. The Bertz CT molecular complexity index is 1090. The third kappa shape index (κ3) is 4.53. The largest absolute Gasteiger partial charge is 0.497 e. The van der Waals surface area contributed by atoms with Crippen LogP contribution in [0.15, 0.2) is 18.2 Å². The summed E-state index contributed by atoms with van der Waals surface area (Å²) in [6, 6.07) is 6.28. The minimum atomic E-state index is -1.66. The zero-order valence-electron chi connectivity index (χ0n) is 21.7. The molecule has 1 heterocycles. The van der Waals surface area contributed by atoms with E-state index in [1.54, 1.807) is 7.11 Å². The van der Waals surface area contributed by atoms with E-state index in [0.717, 1.165) is 44.3 Å². The van der Waals surface area contributed by atoms with Crippen molar-refractivity contribution in [1.82, 2.24) is 10.2 Å². The van der Waals surface area contributed by atoms with E-state index < -0.39 is 15.5 Å². The van der Waals surface area contributed by atoms with Gasteiger partial charge in [-0.05, 0) is 88.5 Å². The van der Waals surface area contributed by atoms with Crippen LogP contribution in [-0.4, -0.2) is 58.8 Å². The molecule has 0 aromatic heterocycles. The summed E-state index contributed by atoms with van der Waals surface area (Å²) in [4.78, 5) is 28.1. The number of hydrogen-bond donors (Lipinski definition) is 1. The monoisotopic (exact) mass is 572 g/mol. The van der Waals surface area contributed by atoms with Crippen LogP contribution in [0.2, 0.25) is 0 Å². The normalized spacial score (nSPS) is 32.2. The number of piperidine rings is 1. The van der Waals surface area contributed by atoms with Crippen molar-refractivity contribution in [3.8, 4) is 5.75 Å². The Morgan fingerprint density at radius 3 is 2.54 bits per heavy atom. The zero-order chi connectivity index (χ0) is 26.8. The van der Waals surface area contributed by atoms with Gasteiger partial charge in [0, 0.05) is 29.5 Å². The Balaban J connectivity index is 1.52. The Hall–Kier alpha value is -1.57. The van der Waals surface area contributed by atoms with E-state index >= 15 is 0 Å². The first-order valence-corrected chi connectivity index (χ1v) is 14.1. The summed E-state index contributed by atoms with van der Waals surface area (Å²) in [5, 5.41) is 3.10. The summed E-state index contributed by atoms with van der Waals surface area (Å²) in [5.41, 5.74) is 1.70. The van der Waals surface area contributed by atoms with Gasteiger partial charge in [0.25, 0.3) is 0 Å². The van der Waals surface area contributed by atoms with Crippen molar-refractivity contribution in [2.24, 2.45) is 11.3 Å². The summed E-state index contributed by atoms with van der Waals surface area (Å²) >= 11 is 17.3. The molecular weight excluding hydrogens is 539 g/mol. The lowest BCUT2D eigenvalue weighted by atomic mass is 9.43. The van der Waals surface area contributed by atoms with Crippen molar-refractivity contribution in [3.05, 3.63) is 29.3 Å². The highest BCUT2D eigenvalue weighted by Crippen LogP contribution is 2.72. The van der Waals surface area contributed by atoms with Gasteiger partial charge in [-0.1, -0.05) is 40.9 Å². The van der Waals surface area contributed by atoms with Gasteiger partial charge in [0.15, 0.2) is 0 Å². The molecule has 4 aliphatic rings. The number of fused-ring (bicyclic) bond motifs is 1. The van der Waals surface area contributed by atoms with Crippen LogP contribution in [0.5, 0.6) is 5.75 Å². The standard InChI is InChI=1S/C27H35Cl3N2O5/c1-24(2,3)37-23(34)32-12-11-26-18-7-9-25(26,10-8-20(18)31-22(33)36-15-27(28,29)30)21(32)13-16-5-6-17(35-4)14-19(16)26/h5-6,14,18,20-21H,7-13,15H2,1-4H3,(H,31,33). The van der Waals surface area contributed by atoms with Crippen LogP contribution < -0.4 is 10.1 Å². The van der Waals surface area contributed by atoms with Crippen molar-refractivity contribution in [3.63, 3.8) is 0 Å². The topological polar surface area (TPSA) is 77.1 Å². The van der Waals surface area contributed by atoms with Crippen molar-refractivity contribution >= 4 is 47.0 Å². The summed E-state index contributed by atoms with van der Waals surface area (Å²) in [7, 11) is 1.69. The molecule has 1 aliphatic heterocycles. The first-order valence-electron chi connectivity index (χ1n) is 13.0. The predicted octanol–water partition coefficient (Wildman–Crippen LogP) is 6.15. The van der Waals surface area contributed by atoms with E-state index in [-0.39, 0.29) is 41.5 Å². The molecule has 1 aromatic rings. The van der Waals surface area contributed by atoms with Gasteiger partial charge in [-0.15, -0.1) is 0 Å². The predicted molar refractivity (Wildman–Crippen MR) is 143 cm³/mol. The van der Waals surface area contributed by atoms with Crippen LogP contribution in [-0.2, 0) is 21.3 Å². The van der Waals surface area contributed by atoms with Crippen LogP contribution in [0.4, 0.5) is 9.59 Å². The lowest BCUT2D eigenvalue weighted by molar-refractivity contribution is -0.0945. The minimum absolute atomic E-state index is 0.0410. The quantitative estimate of drug-likeness (QED) is 0.439. The maximum absolute atomic E-state index is 13.4. The third-order valence-electron chi connectivity index (χ3n) is 9.08. The van der Waals surface area contributed by atoms with Crippen LogP contribution in [0.25, 0.3) is 0 Å². The second kappa shape index (κ2) is 9.27. The van der Waals surface area contributed by atoms with Crippen molar-refractivity contribution in [2.75, 3.05) is 20.3 Å². The number of benzene rings is 1. The fourth-order valence-corrected chi connectivity index (χ4v) is 8.18. The number of nitrogens with zero attached hydrogens (tertiary/aromatic N) is 1. The Labute approximate surface area is 233 Å². The number of amides is 2. The molecule has 5 atom stereocenters. The van der Waals surface area contributed by atoms with Gasteiger partial charge in [0.2, 0.25) is 3.79 Å². The molecule has 2 saturated carbocycles. The molecule has 3 fully saturated rings. The number of hydrogen-bond acceptors (Lipinski definition) is 5. The van der Waals surface area contributed by atoms with Crippen molar-refractivity contribution in [1.29, 1.82) is 0 Å². The highest BCUT2D eigenvalue weighted by Gasteiger charge is 2.72. The number of halogens is 3. The second-order valence-electron chi connectivity index (χ2n) is 11.9. The number of carbonyl (C=O) groups excluding carboxylic acids is 2. The molecule has 1 N–H and O–H groups in total. The number of rotatable bonds is 3. The second-order valence-corrected chi connectivity index (χ2v) is 14.4. The first-order chi connectivity index (χ1) is 17.3. The molecule has 4 bridgehead atoms.